The summed E-state index contributed by atoms with van der Waals surface area (Å²) >= 11 is 0. The van der Waals surface area contributed by atoms with Crippen LogP contribution in [0.1, 0.15) is 27.2 Å². The Morgan fingerprint density at radius 1 is 1.45 bits per heavy atom. The molecule has 0 unspecified atom stereocenters. The number of carbonyl (C=O) groups excluding carboxylic acids is 1. The predicted molar refractivity (Wildman–Crippen MR) is 74.8 cm³/mol. The molecule has 2 rings (SSSR count). The summed E-state index contributed by atoms with van der Waals surface area (Å²) in [4.78, 5) is 12.1. The smallest absolute Gasteiger partial charge is 0.251 e. The van der Waals surface area contributed by atoms with Gasteiger partial charge in [0.25, 0.3) is 5.91 Å². The molecule has 1 aromatic heterocycles. The van der Waals surface area contributed by atoms with Gasteiger partial charge in [0.05, 0.1) is 19.3 Å². The van der Waals surface area contributed by atoms with E-state index in [0.29, 0.717) is 24.4 Å². The number of rotatable bonds is 3. The number of aromatic nitrogens is 1. The molecule has 0 fully saturated rings. The molecule has 0 aliphatic heterocycles. The van der Waals surface area contributed by atoms with Crippen molar-refractivity contribution < 1.29 is 9.32 Å². The molecule has 2 aromatic rings. The van der Waals surface area contributed by atoms with Gasteiger partial charge in [0.1, 0.15) is 0 Å². The highest BCUT2D eigenvalue weighted by Gasteiger charge is 2.08. The lowest BCUT2D eigenvalue weighted by molar-refractivity contribution is 0.0947. The summed E-state index contributed by atoms with van der Waals surface area (Å²) in [7, 11) is 0. The van der Waals surface area contributed by atoms with Crippen LogP contribution in [0, 0.1) is 18.8 Å². The first-order valence-corrected chi connectivity index (χ1v) is 6.17. The summed E-state index contributed by atoms with van der Waals surface area (Å²) in [5.41, 5.74) is 7.65. The molecule has 5 nitrogen and oxygen atoms in total. The van der Waals surface area contributed by atoms with Crippen LogP contribution in [-0.2, 0) is 6.54 Å². The van der Waals surface area contributed by atoms with Crippen molar-refractivity contribution in [1.82, 2.24) is 10.5 Å². The minimum absolute atomic E-state index is 0.180. The van der Waals surface area contributed by atoms with Gasteiger partial charge in [-0.25, -0.2) is 0 Å². The highest BCUT2D eigenvalue weighted by Crippen LogP contribution is 2.09. The number of nitrogens with zero attached hydrogens (tertiary/aromatic N) is 1. The SMILES string of the molecule is Cc1cc(C#CCN)cc(C(=O)NCc2ccno2)c1. The highest BCUT2D eigenvalue weighted by molar-refractivity contribution is 5.94. The van der Waals surface area contributed by atoms with Gasteiger partial charge in [-0.1, -0.05) is 17.0 Å². The van der Waals surface area contributed by atoms with Crippen molar-refractivity contribution in [2.75, 3.05) is 6.54 Å². The van der Waals surface area contributed by atoms with Crippen molar-refractivity contribution in [3.8, 4) is 11.8 Å². The molecule has 0 atom stereocenters. The molecule has 3 N–H and O–H groups in total. The van der Waals surface area contributed by atoms with Gasteiger partial charge < -0.3 is 15.6 Å². The van der Waals surface area contributed by atoms with Gasteiger partial charge in [0.15, 0.2) is 5.76 Å². The Kier molecular flexibility index (Phi) is 4.53. The quantitative estimate of drug-likeness (QED) is 0.821. The summed E-state index contributed by atoms with van der Waals surface area (Å²) in [6.07, 6.45) is 1.54. The highest BCUT2D eigenvalue weighted by atomic mass is 16.5. The summed E-state index contributed by atoms with van der Waals surface area (Å²) in [5, 5.41) is 6.34. The predicted octanol–water partition coefficient (Wildman–Crippen LogP) is 1.22. The molecule has 0 aliphatic carbocycles. The Balaban J connectivity index is 2.10. The third-order valence-electron chi connectivity index (χ3n) is 2.59. The average Bonchev–Trinajstić information content (AvgIpc) is 2.95. The summed E-state index contributed by atoms with van der Waals surface area (Å²) in [5.74, 6) is 6.13. The molecule has 1 heterocycles. The van der Waals surface area contributed by atoms with Crippen LogP contribution in [0.5, 0.6) is 0 Å². The zero-order valence-corrected chi connectivity index (χ0v) is 11.1. The third-order valence-corrected chi connectivity index (χ3v) is 2.59. The van der Waals surface area contributed by atoms with E-state index in [9.17, 15) is 4.79 Å². The van der Waals surface area contributed by atoms with Crippen LogP contribution in [0.15, 0.2) is 35.0 Å². The van der Waals surface area contributed by atoms with Gasteiger partial charge in [0, 0.05) is 17.2 Å². The van der Waals surface area contributed by atoms with Crippen LogP contribution in [0.25, 0.3) is 0 Å². The van der Waals surface area contributed by atoms with Crippen molar-refractivity contribution in [3.63, 3.8) is 0 Å². The molecule has 0 saturated heterocycles. The van der Waals surface area contributed by atoms with Crippen molar-refractivity contribution in [2.45, 2.75) is 13.5 Å². The fourth-order valence-electron chi connectivity index (χ4n) is 1.74. The van der Waals surface area contributed by atoms with Gasteiger partial charge in [-0.2, -0.15) is 0 Å². The van der Waals surface area contributed by atoms with Crippen LogP contribution >= 0.6 is 0 Å². The van der Waals surface area contributed by atoms with E-state index in [4.69, 9.17) is 10.3 Å². The molecule has 102 valence electrons. The zero-order valence-electron chi connectivity index (χ0n) is 11.1. The Hall–Kier alpha value is -2.58. The van der Waals surface area contributed by atoms with Crippen LogP contribution in [0.4, 0.5) is 0 Å². The molecule has 0 aliphatic rings. The van der Waals surface area contributed by atoms with E-state index in [2.05, 4.69) is 22.3 Å². The number of hydrogen-bond acceptors (Lipinski definition) is 4. The fourth-order valence-corrected chi connectivity index (χ4v) is 1.74. The Morgan fingerprint density at radius 3 is 3.00 bits per heavy atom. The molecule has 1 aromatic carbocycles. The molecular weight excluding hydrogens is 254 g/mol. The average molecular weight is 269 g/mol. The topological polar surface area (TPSA) is 81.2 Å². The number of nitrogens with one attached hydrogen (secondary N) is 1. The second kappa shape index (κ2) is 6.55. The molecule has 1 amide bonds. The Labute approximate surface area is 117 Å². The number of benzene rings is 1. The van der Waals surface area contributed by atoms with E-state index < -0.39 is 0 Å². The molecule has 0 radical (unpaired) electrons. The standard InChI is InChI=1S/C15H15N3O2/c1-11-7-12(3-2-5-16)9-13(8-11)15(19)17-10-14-4-6-18-20-14/h4,6-9H,5,10,16H2,1H3,(H,17,19). The van der Waals surface area contributed by atoms with Gasteiger partial charge in [-0.15, -0.1) is 0 Å². The van der Waals surface area contributed by atoms with E-state index in [1.54, 1.807) is 12.1 Å². The molecule has 0 bridgehead atoms. The molecule has 20 heavy (non-hydrogen) atoms. The lowest BCUT2D eigenvalue weighted by atomic mass is 10.1. The number of carbonyl (C=O) groups is 1. The number of amides is 1. The summed E-state index contributed by atoms with van der Waals surface area (Å²) in [6, 6.07) is 7.17. The lowest BCUT2D eigenvalue weighted by Crippen LogP contribution is -2.22. The molecule has 5 heteroatoms. The Morgan fingerprint density at radius 2 is 2.30 bits per heavy atom. The maximum absolute atomic E-state index is 12.1. The lowest BCUT2D eigenvalue weighted by Gasteiger charge is -2.05. The molecule has 0 spiro atoms. The van der Waals surface area contributed by atoms with E-state index in [-0.39, 0.29) is 5.91 Å². The van der Waals surface area contributed by atoms with Crippen molar-refractivity contribution in [3.05, 3.63) is 52.9 Å². The van der Waals surface area contributed by atoms with Gasteiger partial charge in [-0.05, 0) is 30.7 Å². The number of nitrogens with two attached hydrogens (primary N) is 1. The van der Waals surface area contributed by atoms with Crippen molar-refractivity contribution in [1.29, 1.82) is 0 Å². The first-order valence-electron chi connectivity index (χ1n) is 6.17. The van der Waals surface area contributed by atoms with Gasteiger partial charge in [-0.3, -0.25) is 4.79 Å². The van der Waals surface area contributed by atoms with Crippen LogP contribution in [0.3, 0.4) is 0 Å². The zero-order chi connectivity index (χ0) is 14.4. The Bertz CT molecular complexity index is 651. The first kappa shape index (κ1) is 13.8. The van der Waals surface area contributed by atoms with Crippen LogP contribution < -0.4 is 11.1 Å². The maximum atomic E-state index is 12.1. The first-order chi connectivity index (χ1) is 9.69. The van der Waals surface area contributed by atoms with Crippen LogP contribution in [0.2, 0.25) is 0 Å². The largest absolute Gasteiger partial charge is 0.360 e. The van der Waals surface area contributed by atoms with Gasteiger partial charge >= 0.3 is 0 Å². The summed E-state index contributed by atoms with van der Waals surface area (Å²) < 4.78 is 4.92. The van der Waals surface area contributed by atoms with Gasteiger partial charge in [0.2, 0.25) is 0 Å². The van der Waals surface area contributed by atoms with Crippen LogP contribution in [-0.4, -0.2) is 17.6 Å². The number of hydrogen-bond donors (Lipinski definition) is 2. The van der Waals surface area contributed by atoms with E-state index in [1.807, 2.05) is 19.1 Å². The summed E-state index contributed by atoms with van der Waals surface area (Å²) in [6.45, 7) is 2.51. The number of aryl methyl sites for hydroxylation is 1. The minimum atomic E-state index is -0.180. The third kappa shape index (κ3) is 3.70. The normalized spacial score (nSPS) is 9.70. The van der Waals surface area contributed by atoms with E-state index in [0.717, 1.165) is 11.1 Å². The maximum Gasteiger partial charge on any atom is 0.251 e. The van der Waals surface area contributed by atoms with E-state index in [1.165, 1.54) is 6.20 Å². The minimum Gasteiger partial charge on any atom is -0.360 e. The molecular formula is C15H15N3O2. The van der Waals surface area contributed by atoms with Crippen molar-refractivity contribution >= 4 is 5.91 Å². The molecule has 0 saturated carbocycles. The second-order valence-corrected chi connectivity index (χ2v) is 4.26. The second-order valence-electron chi connectivity index (χ2n) is 4.26. The monoisotopic (exact) mass is 269 g/mol. The fraction of sp³-hybridized carbons (Fsp3) is 0.200. The van der Waals surface area contributed by atoms with E-state index >= 15 is 0 Å². The van der Waals surface area contributed by atoms with Crippen molar-refractivity contribution in [2.24, 2.45) is 5.73 Å².